The van der Waals surface area contributed by atoms with Crippen LogP contribution < -0.4 is 5.32 Å². The number of furan rings is 1. The molecule has 0 fully saturated rings. The highest BCUT2D eigenvalue weighted by Gasteiger charge is 2.15. The molecule has 0 aliphatic rings. The number of rotatable bonds is 5. The van der Waals surface area contributed by atoms with Crippen molar-refractivity contribution in [1.82, 2.24) is 4.98 Å². The lowest BCUT2D eigenvalue weighted by atomic mass is 10.2. The molecule has 118 valence electrons. The highest BCUT2D eigenvalue weighted by Crippen LogP contribution is 2.22. The Morgan fingerprint density at radius 1 is 1.26 bits per heavy atom. The molecule has 2 heterocycles. The smallest absolute Gasteiger partial charge is 0.374 e. The number of aromatic nitrogens is 1. The monoisotopic (exact) mass is 328 g/mol. The van der Waals surface area contributed by atoms with Crippen molar-refractivity contribution in [3.63, 3.8) is 0 Å². The zero-order chi connectivity index (χ0) is 16.2. The van der Waals surface area contributed by atoms with Crippen molar-refractivity contribution in [2.24, 2.45) is 0 Å². The van der Waals surface area contributed by atoms with Crippen molar-refractivity contribution in [1.29, 1.82) is 0 Å². The van der Waals surface area contributed by atoms with Crippen LogP contribution in [0.15, 0.2) is 46.4 Å². The molecule has 0 amide bonds. The molecule has 0 aliphatic heterocycles. The van der Waals surface area contributed by atoms with E-state index >= 15 is 0 Å². The molecule has 0 spiro atoms. The highest BCUT2D eigenvalue weighted by molar-refractivity contribution is 7.13. The van der Waals surface area contributed by atoms with E-state index in [-0.39, 0.29) is 12.4 Å². The van der Waals surface area contributed by atoms with Gasteiger partial charge in [0.2, 0.25) is 5.76 Å². The van der Waals surface area contributed by atoms with Crippen LogP contribution in [0.5, 0.6) is 0 Å². The van der Waals surface area contributed by atoms with Crippen LogP contribution in [0.4, 0.5) is 10.8 Å². The van der Waals surface area contributed by atoms with E-state index in [1.807, 2.05) is 36.6 Å². The standard InChI is InChI=1S/C17H16N2O3S/c1-11-3-5-13(6-4-11)18-17-19-14(10-23-17)9-22-16(20)15-12(2)7-8-21-15/h3-8,10H,9H2,1-2H3,(H,18,19). The summed E-state index contributed by atoms with van der Waals surface area (Å²) in [5.74, 6) is -0.244. The molecule has 0 radical (unpaired) electrons. The van der Waals surface area contributed by atoms with Crippen molar-refractivity contribution >= 4 is 28.1 Å². The number of anilines is 2. The largest absolute Gasteiger partial charge is 0.457 e. The molecule has 1 aromatic carbocycles. The Balaban J connectivity index is 1.58. The lowest BCUT2D eigenvalue weighted by molar-refractivity contribution is 0.0431. The van der Waals surface area contributed by atoms with Gasteiger partial charge < -0.3 is 14.5 Å². The fourth-order valence-corrected chi connectivity index (χ4v) is 2.69. The summed E-state index contributed by atoms with van der Waals surface area (Å²) in [5.41, 5.74) is 3.63. The third kappa shape index (κ3) is 3.78. The number of ether oxygens (including phenoxy) is 1. The van der Waals surface area contributed by atoms with Gasteiger partial charge in [0.05, 0.1) is 12.0 Å². The Bertz CT molecular complexity index is 805. The lowest BCUT2D eigenvalue weighted by Crippen LogP contribution is -2.05. The van der Waals surface area contributed by atoms with Gasteiger partial charge in [-0.3, -0.25) is 0 Å². The summed E-state index contributed by atoms with van der Waals surface area (Å²) in [4.78, 5) is 16.3. The van der Waals surface area contributed by atoms with Gasteiger partial charge in [0.1, 0.15) is 6.61 Å². The molecule has 0 unspecified atom stereocenters. The molecule has 3 aromatic rings. The number of hydrogen-bond acceptors (Lipinski definition) is 6. The number of carbonyl (C=O) groups excluding carboxylic acids is 1. The van der Waals surface area contributed by atoms with E-state index in [0.717, 1.165) is 16.4 Å². The van der Waals surface area contributed by atoms with Crippen molar-refractivity contribution in [3.8, 4) is 0 Å². The average Bonchev–Trinajstić information content (AvgIpc) is 3.16. The van der Waals surface area contributed by atoms with Gasteiger partial charge in [-0.2, -0.15) is 0 Å². The zero-order valence-electron chi connectivity index (χ0n) is 12.8. The SMILES string of the molecule is Cc1ccc(Nc2nc(COC(=O)c3occc3C)cs2)cc1. The number of thiazole rings is 1. The molecule has 0 aliphatic carbocycles. The van der Waals surface area contributed by atoms with Crippen LogP contribution in [-0.4, -0.2) is 11.0 Å². The topological polar surface area (TPSA) is 64.4 Å². The normalized spacial score (nSPS) is 10.5. The quantitative estimate of drug-likeness (QED) is 0.701. The minimum Gasteiger partial charge on any atom is -0.457 e. The van der Waals surface area contributed by atoms with Crippen LogP contribution in [0.25, 0.3) is 0 Å². The van der Waals surface area contributed by atoms with E-state index in [1.54, 1.807) is 13.0 Å². The van der Waals surface area contributed by atoms with Gasteiger partial charge in [-0.05, 0) is 32.0 Å². The number of nitrogens with zero attached hydrogens (tertiary/aromatic N) is 1. The van der Waals surface area contributed by atoms with Gasteiger partial charge in [0.15, 0.2) is 5.13 Å². The predicted octanol–water partition coefficient (Wildman–Crippen LogP) is 4.45. The minimum absolute atomic E-state index is 0.116. The minimum atomic E-state index is -0.478. The van der Waals surface area contributed by atoms with Gasteiger partial charge in [-0.1, -0.05) is 17.7 Å². The first-order valence-electron chi connectivity index (χ1n) is 7.11. The molecule has 1 N–H and O–H groups in total. The first-order chi connectivity index (χ1) is 11.1. The Labute approximate surface area is 137 Å². The maximum atomic E-state index is 11.9. The Morgan fingerprint density at radius 2 is 2.04 bits per heavy atom. The maximum absolute atomic E-state index is 11.9. The number of carbonyl (C=O) groups is 1. The van der Waals surface area contributed by atoms with Crippen molar-refractivity contribution in [3.05, 3.63) is 64.6 Å². The lowest BCUT2D eigenvalue weighted by Gasteiger charge is -2.03. The molecular weight excluding hydrogens is 312 g/mol. The maximum Gasteiger partial charge on any atom is 0.374 e. The highest BCUT2D eigenvalue weighted by atomic mass is 32.1. The van der Waals surface area contributed by atoms with Gasteiger partial charge >= 0.3 is 5.97 Å². The zero-order valence-corrected chi connectivity index (χ0v) is 13.6. The average molecular weight is 328 g/mol. The molecule has 5 nitrogen and oxygen atoms in total. The van der Waals surface area contributed by atoms with Crippen molar-refractivity contribution in [2.75, 3.05) is 5.32 Å². The van der Waals surface area contributed by atoms with E-state index in [1.165, 1.54) is 23.2 Å². The summed E-state index contributed by atoms with van der Waals surface area (Å²) in [6.45, 7) is 3.96. The van der Waals surface area contributed by atoms with E-state index < -0.39 is 5.97 Å². The molecule has 0 saturated heterocycles. The summed E-state index contributed by atoms with van der Waals surface area (Å²) in [6, 6.07) is 9.78. The molecule has 0 atom stereocenters. The Morgan fingerprint density at radius 3 is 2.74 bits per heavy atom. The number of benzene rings is 1. The van der Waals surface area contributed by atoms with Crippen LogP contribution >= 0.6 is 11.3 Å². The molecule has 3 rings (SSSR count). The van der Waals surface area contributed by atoms with E-state index in [4.69, 9.17) is 9.15 Å². The molecular formula is C17H16N2O3S. The van der Waals surface area contributed by atoms with E-state index in [2.05, 4.69) is 10.3 Å². The number of nitrogens with one attached hydrogen (secondary N) is 1. The van der Waals surface area contributed by atoms with Crippen molar-refractivity contribution in [2.45, 2.75) is 20.5 Å². The van der Waals surface area contributed by atoms with Gasteiger partial charge in [-0.15, -0.1) is 11.3 Å². The summed E-state index contributed by atoms with van der Waals surface area (Å²) in [6.07, 6.45) is 1.47. The van der Waals surface area contributed by atoms with Crippen molar-refractivity contribution < 1.29 is 13.9 Å². The van der Waals surface area contributed by atoms with Crippen LogP contribution in [0, 0.1) is 13.8 Å². The summed E-state index contributed by atoms with van der Waals surface area (Å²) in [7, 11) is 0. The van der Waals surface area contributed by atoms with Gasteiger partial charge in [0.25, 0.3) is 0 Å². The van der Waals surface area contributed by atoms with Crippen LogP contribution in [0.1, 0.15) is 27.4 Å². The Kier molecular flexibility index (Phi) is 4.43. The van der Waals surface area contributed by atoms with Crippen LogP contribution in [0.3, 0.4) is 0 Å². The third-order valence-corrected chi connectivity index (χ3v) is 4.06. The second-order valence-corrected chi connectivity index (χ2v) is 6.00. The van der Waals surface area contributed by atoms with Gasteiger partial charge in [-0.25, -0.2) is 9.78 Å². The molecule has 23 heavy (non-hydrogen) atoms. The summed E-state index contributed by atoms with van der Waals surface area (Å²) < 4.78 is 10.3. The molecule has 2 aromatic heterocycles. The summed E-state index contributed by atoms with van der Waals surface area (Å²) >= 11 is 1.46. The number of hydrogen-bond donors (Lipinski definition) is 1. The molecule has 0 saturated carbocycles. The predicted molar refractivity (Wildman–Crippen MR) is 89.1 cm³/mol. The van der Waals surface area contributed by atoms with Gasteiger partial charge in [0, 0.05) is 16.6 Å². The first-order valence-corrected chi connectivity index (χ1v) is 7.99. The Hall–Kier alpha value is -2.60. The second-order valence-electron chi connectivity index (χ2n) is 5.14. The number of aryl methyl sites for hydroxylation is 2. The number of esters is 1. The third-order valence-electron chi connectivity index (χ3n) is 3.25. The fourth-order valence-electron chi connectivity index (χ4n) is 1.98. The van der Waals surface area contributed by atoms with Crippen LogP contribution in [0.2, 0.25) is 0 Å². The molecule has 6 heteroatoms. The van der Waals surface area contributed by atoms with E-state index in [0.29, 0.717) is 5.69 Å². The second kappa shape index (κ2) is 6.66. The van der Waals surface area contributed by atoms with Crippen LogP contribution in [-0.2, 0) is 11.3 Å². The summed E-state index contributed by atoms with van der Waals surface area (Å²) in [5, 5.41) is 5.84. The van der Waals surface area contributed by atoms with E-state index in [9.17, 15) is 4.79 Å². The molecule has 0 bridgehead atoms. The first kappa shape index (κ1) is 15.3. The fraction of sp³-hybridized carbons (Fsp3) is 0.176.